The molecule has 2 aromatic carbocycles. The molecule has 0 saturated carbocycles. The van der Waals surface area contributed by atoms with Crippen molar-refractivity contribution in [3.8, 4) is 22.9 Å². The molecule has 0 amide bonds. The van der Waals surface area contributed by atoms with Crippen molar-refractivity contribution >= 4 is 34.8 Å². The third kappa shape index (κ3) is 6.37. The summed E-state index contributed by atoms with van der Waals surface area (Å²) in [4.78, 5) is 37.8. The second-order valence-electron chi connectivity index (χ2n) is 9.98. The quantitative estimate of drug-likeness (QED) is 0.192. The van der Waals surface area contributed by atoms with Crippen LogP contribution in [0.25, 0.3) is 11.1 Å². The highest BCUT2D eigenvalue weighted by Gasteiger charge is 2.66. The van der Waals surface area contributed by atoms with Crippen molar-refractivity contribution in [3.63, 3.8) is 0 Å². The number of ketones is 1. The monoisotopic (exact) mass is 644 g/mol. The van der Waals surface area contributed by atoms with Gasteiger partial charge in [0, 0.05) is 35.1 Å². The Balaban J connectivity index is 1.51. The fourth-order valence-electron chi connectivity index (χ4n) is 4.82. The normalized spacial score (nSPS) is 13.8. The SMILES string of the molecule is CCC(C(=O)Cc1ccc(C2=NN=C(C(F)(F)C(F)(F)C(=O)OC)C2)cc1)n1cc(OC)c(-c2cc(Cl)ccc2C#N)cc1=O. The van der Waals surface area contributed by atoms with Crippen molar-refractivity contribution < 1.29 is 36.6 Å². The molecule has 0 radical (unpaired) electrons. The van der Waals surface area contributed by atoms with Crippen LogP contribution < -0.4 is 10.3 Å². The zero-order chi connectivity index (χ0) is 33.1. The largest absolute Gasteiger partial charge is 0.495 e. The van der Waals surface area contributed by atoms with Gasteiger partial charge in [-0.2, -0.15) is 33.0 Å². The highest BCUT2D eigenvalue weighted by Crippen LogP contribution is 2.39. The Kier molecular flexibility index (Phi) is 9.58. The van der Waals surface area contributed by atoms with Crippen LogP contribution in [0, 0.1) is 11.3 Å². The van der Waals surface area contributed by atoms with Crippen molar-refractivity contribution in [2.45, 2.75) is 44.1 Å². The first kappa shape index (κ1) is 33.1. The zero-order valence-corrected chi connectivity index (χ0v) is 24.9. The van der Waals surface area contributed by atoms with E-state index in [1.54, 1.807) is 19.1 Å². The molecule has 0 spiro atoms. The van der Waals surface area contributed by atoms with Gasteiger partial charge in [0.2, 0.25) is 0 Å². The number of halogens is 5. The van der Waals surface area contributed by atoms with E-state index in [1.165, 1.54) is 54.3 Å². The highest BCUT2D eigenvalue weighted by molar-refractivity contribution is 6.31. The molecule has 0 N–H and O–H groups in total. The molecule has 1 atom stereocenters. The molecule has 1 aromatic heterocycles. The Bertz CT molecular complexity index is 1810. The van der Waals surface area contributed by atoms with Crippen LogP contribution in [0.2, 0.25) is 5.02 Å². The van der Waals surface area contributed by atoms with E-state index in [0.29, 0.717) is 34.4 Å². The van der Waals surface area contributed by atoms with Crippen LogP contribution in [0.5, 0.6) is 5.75 Å². The van der Waals surface area contributed by atoms with E-state index in [2.05, 4.69) is 21.0 Å². The maximum absolute atomic E-state index is 14.4. The number of Topliss-reactive ketones (excluding diaryl/α,β-unsaturated/α-hetero) is 1. The Hall–Kier alpha value is -4.83. The number of methoxy groups -OCH3 is 2. The molecule has 9 nitrogen and oxygen atoms in total. The van der Waals surface area contributed by atoms with Gasteiger partial charge in [0.25, 0.3) is 5.56 Å². The molecule has 14 heteroatoms. The lowest BCUT2D eigenvalue weighted by atomic mass is 9.96. The molecule has 4 rings (SSSR count). The average Bonchev–Trinajstić information content (AvgIpc) is 3.53. The number of ether oxygens (including phenoxy) is 2. The van der Waals surface area contributed by atoms with Crippen molar-refractivity contribution in [1.29, 1.82) is 5.26 Å². The van der Waals surface area contributed by atoms with Gasteiger partial charge in [0.1, 0.15) is 11.5 Å². The first-order valence-corrected chi connectivity index (χ1v) is 13.8. The van der Waals surface area contributed by atoms with Crippen LogP contribution in [0.3, 0.4) is 0 Å². The van der Waals surface area contributed by atoms with E-state index in [-0.39, 0.29) is 35.6 Å². The van der Waals surface area contributed by atoms with Gasteiger partial charge in [0.15, 0.2) is 5.78 Å². The van der Waals surface area contributed by atoms with Gasteiger partial charge in [0.05, 0.1) is 43.8 Å². The minimum atomic E-state index is -5.13. The summed E-state index contributed by atoms with van der Waals surface area (Å²) in [7, 11) is 1.96. The van der Waals surface area contributed by atoms with Crippen molar-refractivity contribution in [2.75, 3.05) is 14.2 Å². The number of alkyl halides is 4. The van der Waals surface area contributed by atoms with Crippen LogP contribution in [0.1, 0.15) is 42.5 Å². The van der Waals surface area contributed by atoms with Crippen LogP contribution in [-0.2, 0) is 20.7 Å². The molecule has 0 aliphatic carbocycles. The summed E-state index contributed by atoms with van der Waals surface area (Å²) < 4.78 is 67.2. The predicted molar refractivity (Wildman–Crippen MR) is 157 cm³/mol. The summed E-state index contributed by atoms with van der Waals surface area (Å²) in [6, 6.07) is 13.1. The molecule has 2 heterocycles. The second kappa shape index (κ2) is 13.0. The maximum Gasteiger partial charge on any atom is 0.410 e. The molecule has 234 valence electrons. The number of carbonyl (C=O) groups is 2. The lowest BCUT2D eigenvalue weighted by molar-refractivity contribution is -0.205. The van der Waals surface area contributed by atoms with Crippen molar-refractivity contribution in [3.05, 3.63) is 86.8 Å². The number of benzene rings is 2. The molecule has 1 aliphatic rings. The summed E-state index contributed by atoms with van der Waals surface area (Å²) in [5, 5.41) is 16.7. The number of esters is 1. The van der Waals surface area contributed by atoms with Crippen LogP contribution in [-0.4, -0.2) is 53.8 Å². The van der Waals surface area contributed by atoms with Crippen molar-refractivity contribution in [2.24, 2.45) is 10.2 Å². The third-order valence-electron chi connectivity index (χ3n) is 7.24. The number of aromatic nitrogens is 1. The molecular formula is C31H25ClF4N4O5. The average molecular weight is 645 g/mol. The minimum Gasteiger partial charge on any atom is -0.495 e. The number of nitriles is 1. The van der Waals surface area contributed by atoms with E-state index in [9.17, 15) is 37.2 Å². The van der Waals surface area contributed by atoms with Crippen LogP contribution in [0.15, 0.2) is 69.7 Å². The van der Waals surface area contributed by atoms with Gasteiger partial charge in [-0.25, -0.2) is 4.79 Å². The lowest BCUT2D eigenvalue weighted by Gasteiger charge is -2.23. The zero-order valence-electron chi connectivity index (χ0n) is 24.1. The number of rotatable bonds is 11. The number of nitrogens with zero attached hydrogens (tertiary/aromatic N) is 4. The smallest absolute Gasteiger partial charge is 0.410 e. The van der Waals surface area contributed by atoms with Gasteiger partial charge in [-0.1, -0.05) is 42.8 Å². The predicted octanol–water partition coefficient (Wildman–Crippen LogP) is 5.80. The Morgan fingerprint density at radius 2 is 1.76 bits per heavy atom. The van der Waals surface area contributed by atoms with Gasteiger partial charge >= 0.3 is 17.8 Å². The molecule has 3 aromatic rings. The summed E-state index contributed by atoms with van der Waals surface area (Å²) in [5.41, 5.74) is 0.00890. The fourth-order valence-corrected chi connectivity index (χ4v) is 4.99. The minimum absolute atomic E-state index is 0.0346. The molecule has 1 aliphatic heterocycles. The van der Waals surface area contributed by atoms with E-state index in [1.807, 2.05) is 0 Å². The molecule has 0 fully saturated rings. The first-order chi connectivity index (χ1) is 21.3. The number of pyridine rings is 1. The van der Waals surface area contributed by atoms with E-state index in [4.69, 9.17) is 16.3 Å². The van der Waals surface area contributed by atoms with Crippen molar-refractivity contribution in [1.82, 2.24) is 4.57 Å². The first-order valence-electron chi connectivity index (χ1n) is 13.4. The standard InChI is InChI=1S/C31H25ClF4N4O5/c1-4-24(40-16-26(44-2)22(13-28(40)42)21-12-20(32)10-9-19(21)15-37)25(41)11-17-5-7-18(8-6-17)23-14-27(39-38-23)30(33,34)31(35,36)29(43)45-3/h5-10,12-13,16,24H,4,11,14H2,1-3H3. The number of hydrogen-bond donors (Lipinski definition) is 0. The molecule has 1 unspecified atom stereocenters. The van der Waals surface area contributed by atoms with Crippen LogP contribution >= 0.6 is 11.6 Å². The number of hydrogen-bond acceptors (Lipinski definition) is 8. The lowest BCUT2D eigenvalue weighted by Crippen LogP contribution is -2.52. The maximum atomic E-state index is 14.4. The Labute approximate surface area is 259 Å². The van der Waals surface area contributed by atoms with Gasteiger partial charge < -0.3 is 14.0 Å². The van der Waals surface area contributed by atoms with E-state index in [0.717, 1.165) is 0 Å². The topological polar surface area (TPSA) is 123 Å². The molecule has 0 bridgehead atoms. The molecular weight excluding hydrogens is 620 g/mol. The Morgan fingerprint density at radius 3 is 2.36 bits per heavy atom. The van der Waals surface area contributed by atoms with Crippen LogP contribution in [0.4, 0.5) is 17.6 Å². The highest BCUT2D eigenvalue weighted by atomic mass is 35.5. The van der Waals surface area contributed by atoms with Gasteiger partial charge in [-0.05, 0) is 35.7 Å². The third-order valence-corrected chi connectivity index (χ3v) is 7.48. The summed E-state index contributed by atoms with van der Waals surface area (Å²) >= 11 is 6.12. The van der Waals surface area contributed by atoms with E-state index < -0.39 is 41.5 Å². The summed E-state index contributed by atoms with van der Waals surface area (Å²) in [6.45, 7) is 1.73. The second-order valence-corrected chi connectivity index (χ2v) is 10.4. The van der Waals surface area contributed by atoms with E-state index >= 15 is 0 Å². The molecule has 45 heavy (non-hydrogen) atoms. The summed E-state index contributed by atoms with van der Waals surface area (Å²) in [5.74, 6) is -12.5. The fraction of sp³-hybridized carbons (Fsp3) is 0.290. The van der Waals surface area contributed by atoms with Gasteiger partial charge in [-0.15, -0.1) is 0 Å². The Morgan fingerprint density at radius 1 is 1.07 bits per heavy atom. The molecule has 0 saturated heterocycles. The number of carbonyl (C=O) groups excluding carboxylic acids is 2. The van der Waals surface area contributed by atoms with Gasteiger partial charge in [-0.3, -0.25) is 9.59 Å². The summed E-state index contributed by atoms with van der Waals surface area (Å²) in [6.07, 6.45) is 0.840.